The molecule has 0 saturated carbocycles. The average Bonchev–Trinajstić information content (AvgIpc) is 3.23. The van der Waals surface area contributed by atoms with Crippen molar-refractivity contribution in [3.8, 4) is 0 Å². The van der Waals surface area contributed by atoms with Crippen LogP contribution in [-0.2, 0) is 33.3 Å². The minimum Gasteiger partial charge on any atom is -0.479 e. The number of unbranched alkanes of at least 4 members (excludes halogenated alkanes) is 23. The summed E-state index contributed by atoms with van der Waals surface area (Å²) < 4.78 is 21.8. The zero-order valence-corrected chi connectivity index (χ0v) is 37.7. The molecule has 0 aromatic rings. The first-order valence-corrected chi connectivity index (χ1v) is 24.0. The van der Waals surface area contributed by atoms with Crippen LogP contribution in [0.5, 0.6) is 0 Å². The van der Waals surface area contributed by atoms with Crippen molar-refractivity contribution < 1.29 is 53.8 Å². The summed E-state index contributed by atoms with van der Waals surface area (Å²) in [6.45, 7) is 3.78. The molecule has 60 heavy (non-hydrogen) atoms. The number of ether oxygens (including phenoxy) is 4. The SMILES string of the molecule is CCCCC/C=C\C/C=C\CCCCCCCC(=O)OCC(COC1OC(C(=O)O)C(O)C(O)C1O)OC(=O)CCCCCCCCCCC/C=C\CCCCCCCC. The van der Waals surface area contributed by atoms with Gasteiger partial charge in [0.2, 0.25) is 0 Å². The number of carbonyl (C=O) groups is 3. The van der Waals surface area contributed by atoms with Crippen LogP contribution in [0.3, 0.4) is 0 Å². The van der Waals surface area contributed by atoms with Crippen LogP contribution in [0.25, 0.3) is 0 Å². The molecule has 0 amide bonds. The molecular formula is C49H86O11. The van der Waals surface area contributed by atoms with Crippen LogP contribution in [0.4, 0.5) is 0 Å². The Labute approximate surface area is 363 Å². The summed E-state index contributed by atoms with van der Waals surface area (Å²) >= 11 is 0. The summed E-state index contributed by atoms with van der Waals surface area (Å²) in [5.74, 6) is -2.46. The molecule has 1 fully saturated rings. The van der Waals surface area contributed by atoms with Crippen LogP contribution in [0.2, 0.25) is 0 Å². The van der Waals surface area contributed by atoms with Gasteiger partial charge in [-0.05, 0) is 70.6 Å². The van der Waals surface area contributed by atoms with E-state index in [2.05, 4.69) is 50.3 Å². The molecule has 0 bridgehead atoms. The quantitative estimate of drug-likeness (QED) is 0.0263. The highest BCUT2D eigenvalue weighted by molar-refractivity contribution is 5.73. The molecule has 0 aliphatic carbocycles. The van der Waals surface area contributed by atoms with E-state index in [1.54, 1.807) is 0 Å². The van der Waals surface area contributed by atoms with E-state index in [1.807, 2.05) is 0 Å². The van der Waals surface area contributed by atoms with Gasteiger partial charge in [-0.15, -0.1) is 0 Å². The molecule has 11 heteroatoms. The molecule has 0 spiro atoms. The third-order valence-electron chi connectivity index (χ3n) is 11.0. The van der Waals surface area contributed by atoms with E-state index < -0.39 is 61.3 Å². The van der Waals surface area contributed by atoms with Gasteiger partial charge >= 0.3 is 17.9 Å². The maximum Gasteiger partial charge on any atom is 0.335 e. The lowest BCUT2D eigenvalue weighted by molar-refractivity contribution is -0.298. The lowest BCUT2D eigenvalue weighted by Crippen LogP contribution is -2.60. The summed E-state index contributed by atoms with van der Waals surface area (Å²) in [7, 11) is 0. The zero-order valence-electron chi connectivity index (χ0n) is 37.7. The molecule has 0 aromatic carbocycles. The predicted molar refractivity (Wildman–Crippen MR) is 238 cm³/mol. The van der Waals surface area contributed by atoms with E-state index in [1.165, 1.54) is 103 Å². The first kappa shape index (κ1) is 55.4. The number of aliphatic carboxylic acids is 1. The Kier molecular flexibility index (Phi) is 36.3. The zero-order chi connectivity index (χ0) is 43.9. The standard InChI is InChI=1S/C49H86O11/c1-3-5-7-9-11-13-15-17-19-20-21-22-24-26-28-30-32-34-36-38-43(51)59-41(40-58-49-46(54)44(52)45(53)47(60-49)48(55)56)39-57-42(50)37-35-33-31-29-27-25-23-18-16-14-12-10-8-6-4-2/h12,14,17-19,23,41,44-47,49,52-54H,3-11,13,15-16,20-22,24-40H2,1-2H3,(H,55,56)/b14-12-,19-17-,23-18-. The molecule has 11 nitrogen and oxygen atoms in total. The topological polar surface area (TPSA) is 169 Å². The predicted octanol–water partition coefficient (Wildman–Crippen LogP) is 10.8. The summed E-state index contributed by atoms with van der Waals surface area (Å²) in [6.07, 6.45) is 36.2. The molecular weight excluding hydrogens is 765 g/mol. The summed E-state index contributed by atoms with van der Waals surface area (Å²) in [6, 6.07) is 0. The second-order valence-corrected chi connectivity index (χ2v) is 16.6. The third kappa shape index (κ3) is 30.5. The Hall–Kier alpha value is -2.57. The largest absolute Gasteiger partial charge is 0.479 e. The molecule has 1 aliphatic rings. The Bertz CT molecular complexity index is 1140. The van der Waals surface area contributed by atoms with Crippen molar-refractivity contribution in [2.45, 2.75) is 243 Å². The van der Waals surface area contributed by atoms with Crippen molar-refractivity contribution >= 4 is 17.9 Å². The molecule has 1 rings (SSSR count). The fraction of sp³-hybridized carbons (Fsp3) is 0.816. The number of carboxylic acid groups (broad SMARTS) is 1. The van der Waals surface area contributed by atoms with Gasteiger partial charge < -0.3 is 39.4 Å². The Morgan fingerprint density at radius 3 is 1.43 bits per heavy atom. The number of aliphatic hydroxyl groups is 3. The van der Waals surface area contributed by atoms with Crippen LogP contribution in [-0.4, -0.2) is 88.4 Å². The van der Waals surface area contributed by atoms with Gasteiger partial charge in [0.05, 0.1) is 6.61 Å². The average molecular weight is 851 g/mol. The minimum atomic E-state index is -1.86. The fourth-order valence-corrected chi connectivity index (χ4v) is 7.14. The number of hydrogen-bond donors (Lipinski definition) is 4. The van der Waals surface area contributed by atoms with Crippen molar-refractivity contribution in [2.24, 2.45) is 0 Å². The van der Waals surface area contributed by atoms with Crippen molar-refractivity contribution in [3.63, 3.8) is 0 Å². The molecule has 348 valence electrons. The second kappa shape index (κ2) is 39.3. The van der Waals surface area contributed by atoms with Crippen molar-refractivity contribution in [2.75, 3.05) is 13.2 Å². The van der Waals surface area contributed by atoms with Gasteiger partial charge in [-0.1, -0.05) is 159 Å². The molecule has 0 aromatic heterocycles. The van der Waals surface area contributed by atoms with Crippen LogP contribution in [0, 0.1) is 0 Å². The molecule has 1 aliphatic heterocycles. The number of hydrogen-bond acceptors (Lipinski definition) is 10. The first-order chi connectivity index (χ1) is 29.2. The van der Waals surface area contributed by atoms with E-state index in [0.717, 1.165) is 64.2 Å². The monoisotopic (exact) mass is 851 g/mol. The van der Waals surface area contributed by atoms with Gasteiger partial charge in [0.25, 0.3) is 0 Å². The van der Waals surface area contributed by atoms with Gasteiger partial charge in [-0.2, -0.15) is 0 Å². The highest BCUT2D eigenvalue weighted by Crippen LogP contribution is 2.23. The molecule has 1 heterocycles. The minimum absolute atomic E-state index is 0.178. The normalized spacial score (nSPS) is 20.1. The summed E-state index contributed by atoms with van der Waals surface area (Å²) in [5.41, 5.74) is 0. The molecule has 1 saturated heterocycles. The Morgan fingerprint density at radius 1 is 0.517 bits per heavy atom. The highest BCUT2D eigenvalue weighted by Gasteiger charge is 2.47. The van der Waals surface area contributed by atoms with Crippen molar-refractivity contribution in [3.05, 3.63) is 36.5 Å². The molecule has 6 atom stereocenters. The highest BCUT2D eigenvalue weighted by atomic mass is 16.7. The number of aliphatic hydroxyl groups excluding tert-OH is 3. The molecule has 4 N–H and O–H groups in total. The van der Waals surface area contributed by atoms with E-state index >= 15 is 0 Å². The van der Waals surface area contributed by atoms with Crippen molar-refractivity contribution in [1.82, 2.24) is 0 Å². The second-order valence-electron chi connectivity index (χ2n) is 16.6. The lowest BCUT2D eigenvalue weighted by Gasteiger charge is -2.38. The maximum atomic E-state index is 12.8. The van der Waals surface area contributed by atoms with Crippen LogP contribution in [0.1, 0.15) is 206 Å². The number of esters is 2. The number of carboxylic acids is 1. The van der Waals surface area contributed by atoms with E-state index in [0.29, 0.717) is 12.8 Å². The van der Waals surface area contributed by atoms with Gasteiger partial charge in [-0.3, -0.25) is 9.59 Å². The Balaban J connectivity index is 2.34. The maximum absolute atomic E-state index is 12.8. The van der Waals surface area contributed by atoms with Crippen LogP contribution >= 0.6 is 0 Å². The van der Waals surface area contributed by atoms with E-state index in [-0.39, 0.29) is 19.4 Å². The van der Waals surface area contributed by atoms with Gasteiger partial charge in [0.1, 0.15) is 24.9 Å². The lowest BCUT2D eigenvalue weighted by atomic mass is 9.99. The summed E-state index contributed by atoms with van der Waals surface area (Å²) in [4.78, 5) is 36.9. The molecule has 0 radical (unpaired) electrons. The summed E-state index contributed by atoms with van der Waals surface area (Å²) in [5, 5.41) is 39.9. The van der Waals surface area contributed by atoms with Gasteiger partial charge in [0.15, 0.2) is 18.5 Å². The van der Waals surface area contributed by atoms with Gasteiger partial charge in [0, 0.05) is 12.8 Å². The molecule has 6 unspecified atom stereocenters. The van der Waals surface area contributed by atoms with Crippen molar-refractivity contribution in [1.29, 1.82) is 0 Å². The number of rotatable bonds is 40. The fourth-order valence-electron chi connectivity index (χ4n) is 7.14. The van der Waals surface area contributed by atoms with E-state index in [9.17, 15) is 34.8 Å². The smallest absolute Gasteiger partial charge is 0.335 e. The Morgan fingerprint density at radius 2 is 0.933 bits per heavy atom. The van der Waals surface area contributed by atoms with Crippen LogP contribution in [0.15, 0.2) is 36.5 Å². The van der Waals surface area contributed by atoms with E-state index in [4.69, 9.17) is 18.9 Å². The number of allylic oxidation sites excluding steroid dienone is 6. The van der Waals surface area contributed by atoms with Crippen LogP contribution < -0.4 is 0 Å². The van der Waals surface area contributed by atoms with Gasteiger partial charge in [-0.25, -0.2) is 4.79 Å². The number of carbonyl (C=O) groups excluding carboxylic acids is 2. The first-order valence-electron chi connectivity index (χ1n) is 24.0. The third-order valence-corrected chi connectivity index (χ3v) is 11.0.